The molecule has 150 valence electrons. The monoisotopic (exact) mass is 425 g/mol. The molecule has 0 fully saturated rings. The van der Waals surface area contributed by atoms with Gasteiger partial charge >= 0.3 is 0 Å². The lowest BCUT2D eigenvalue weighted by atomic mass is 10.1. The molecule has 31 heavy (non-hydrogen) atoms. The number of fused-ring (bicyclic) bond motifs is 2. The van der Waals surface area contributed by atoms with Crippen molar-refractivity contribution < 1.29 is 4.79 Å². The number of aromatic amines is 1. The van der Waals surface area contributed by atoms with Gasteiger partial charge in [0.05, 0.1) is 22.6 Å². The number of rotatable bonds is 4. The summed E-state index contributed by atoms with van der Waals surface area (Å²) in [5, 5.41) is 14.2. The van der Waals surface area contributed by atoms with Crippen LogP contribution in [0.4, 0.5) is 11.4 Å². The molecule has 0 bridgehead atoms. The Labute approximate surface area is 180 Å². The SMILES string of the molecule is N#Cc1ccccc1Nc1c(C(N)=O)sc2c1ccc(=O)n2-c1ccc2[nH]ccc2c1. The molecule has 3 heterocycles. The molecular weight excluding hydrogens is 410 g/mol. The minimum atomic E-state index is -0.613. The topological polar surface area (TPSA) is 117 Å². The smallest absolute Gasteiger partial charge is 0.261 e. The van der Waals surface area contributed by atoms with Crippen molar-refractivity contribution in [1.29, 1.82) is 5.26 Å². The highest BCUT2D eigenvalue weighted by Gasteiger charge is 2.21. The summed E-state index contributed by atoms with van der Waals surface area (Å²) in [5.41, 5.74) is 8.56. The highest BCUT2D eigenvalue weighted by atomic mass is 32.1. The molecule has 3 aromatic heterocycles. The summed E-state index contributed by atoms with van der Waals surface area (Å²) in [4.78, 5) is 29.1. The first-order chi connectivity index (χ1) is 15.1. The van der Waals surface area contributed by atoms with E-state index in [4.69, 9.17) is 5.73 Å². The van der Waals surface area contributed by atoms with Crippen LogP contribution in [0, 0.1) is 11.3 Å². The van der Waals surface area contributed by atoms with Crippen LogP contribution >= 0.6 is 11.3 Å². The van der Waals surface area contributed by atoms with Crippen LogP contribution in [0.1, 0.15) is 15.2 Å². The Hall–Kier alpha value is -4.35. The number of nitrogens with one attached hydrogen (secondary N) is 2. The third kappa shape index (κ3) is 3.04. The fraction of sp³-hybridized carbons (Fsp3) is 0. The number of benzene rings is 2. The Balaban J connectivity index is 1.77. The van der Waals surface area contributed by atoms with Gasteiger partial charge in [-0.15, -0.1) is 11.3 Å². The molecule has 0 aliphatic heterocycles. The highest BCUT2D eigenvalue weighted by molar-refractivity contribution is 7.21. The molecule has 1 amide bonds. The molecule has 0 spiro atoms. The first-order valence-corrected chi connectivity index (χ1v) is 10.2. The Bertz CT molecular complexity index is 1590. The number of pyridine rings is 1. The zero-order valence-corrected chi connectivity index (χ0v) is 16.9. The predicted molar refractivity (Wildman–Crippen MR) is 122 cm³/mol. The van der Waals surface area contributed by atoms with Gasteiger partial charge in [0, 0.05) is 28.6 Å². The Morgan fingerprint density at radius 1 is 1.13 bits per heavy atom. The van der Waals surface area contributed by atoms with Crippen molar-refractivity contribution in [2.24, 2.45) is 5.73 Å². The van der Waals surface area contributed by atoms with E-state index in [1.807, 2.05) is 30.5 Å². The van der Waals surface area contributed by atoms with E-state index in [9.17, 15) is 14.9 Å². The molecule has 8 heteroatoms. The van der Waals surface area contributed by atoms with E-state index in [0.29, 0.717) is 32.8 Å². The van der Waals surface area contributed by atoms with Gasteiger partial charge in [-0.2, -0.15) is 5.26 Å². The third-order valence-electron chi connectivity index (χ3n) is 5.07. The van der Waals surface area contributed by atoms with Crippen molar-refractivity contribution in [3.63, 3.8) is 0 Å². The molecule has 2 aromatic carbocycles. The summed E-state index contributed by atoms with van der Waals surface area (Å²) < 4.78 is 1.57. The number of hydrogen-bond donors (Lipinski definition) is 3. The highest BCUT2D eigenvalue weighted by Crippen LogP contribution is 2.38. The van der Waals surface area contributed by atoms with Gasteiger partial charge in [0.2, 0.25) is 0 Å². The summed E-state index contributed by atoms with van der Waals surface area (Å²) in [6.45, 7) is 0. The van der Waals surface area contributed by atoms with Gasteiger partial charge in [0.1, 0.15) is 15.8 Å². The average Bonchev–Trinajstić information content (AvgIpc) is 3.38. The summed E-state index contributed by atoms with van der Waals surface area (Å²) in [5.74, 6) is -0.613. The van der Waals surface area contributed by atoms with Crippen LogP contribution in [0.25, 0.3) is 26.8 Å². The molecule has 0 atom stereocenters. The normalized spacial score (nSPS) is 10.9. The number of aromatic nitrogens is 2. The number of anilines is 2. The fourth-order valence-corrected chi connectivity index (χ4v) is 4.75. The summed E-state index contributed by atoms with van der Waals surface area (Å²) in [7, 11) is 0. The number of nitriles is 1. The van der Waals surface area contributed by atoms with E-state index in [1.54, 1.807) is 34.9 Å². The average molecular weight is 425 g/mol. The molecule has 0 aliphatic rings. The van der Waals surface area contributed by atoms with Crippen molar-refractivity contribution in [1.82, 2.24) is 9.55 Å². The van der Waals surface area contributed by atoms with Crippen LogP contribution in [0.3, 0.4) is 0 Å². The van der Waals surface area contributed by atoms with Gasteiger partial charge < -0.3 is 16.0 Å². The van der Waals surface area contributed by atoms with Gasteiger partial charge in [-0.05, 0) is 42.5 Å². The molecule has 0 unspecified atom stereocenters. The van der Waals surface area contributed by atoms with Gasteiger partial charge in [0.25, 0.3) is 11.5 Å². The second kappa shape index (κ2) is 7.16. The first kappa shape index (κ1) is 18.7. The van der Waals surface area contributed by atoms with Gasteiger partial charge in [-0.3, -0.25) is 14.2 Å². The number of nitrogens with zero attached hydrogens (tertiary/aromatic N) is 2. The Morgan fingerprint density at radius 3 is 2.77 bits per heavy atom. The molecule has 0 aliphatic carbocycles. The molecule has 7 nitrogen and oxygen atoms in total. The van der Waals surface area contributed by atoms with Crippen LogP contribution in [0.2, 0.25) is 0 Å². The van der Waals surface area contributed by atoms with Crippen molar-refractivity contribution in [2.45, 2.75) is 0 Å². The molecule has 5 aromatic rings. The predicted octanol–water partition coefficient (Wildman–Crippen LogP) is 4.25. The summed E-state index contributed by atoms with van der Waals surface area (Å²) in [6.07, 6.45) is 1.84. The second-order valence-corrected chi connectivity index (χ2v) is 7.93. The lowest BCUT2D eigenvalue weighted by Gasteiger charge is -2.10. The number of thiophene rings is 1. The lowest BCUT2D eigenvalue weighted by molar-refractivity contribution is 0.100. The van der Waals surface area contributed by atoms with E-state index in [-0.39, 0.29) is 10.4 Å². The number of carbonyl (C=O) groups is 1. The number of para-hydroxylation sites is 1. The Morgan fingerprint density at radius 2 is 1.97 bits per heavy atom. The first-order valence-electron chi connectivity index (χ1n) is 9.39. The van der Waals surface area contributed by atoms with Crippen LogP contribution in [-0.2, 0) is 0 Å². The number of carbonyl (C=O) groups excluding carboxylic acids is 1. The van der Waals surface area contributed by atoms with Crippen LogP contribution in [-0.4, -0.2) is 15.5 Å². The second-order valence-electron chi connectivity index (χ2n) is 6.93. The number of nitrogens with two attached hydrogens (primary N) is 1. The minimum Gasteiger partial charge on any atom is -0.365 e. The van der Waals surface area contributed by atoms with Crippen LogP contribution < -0.4 is 16.6 Å². The zero-order chi connectivity index (χ0) is 21.5. The van der Waals surface area contributed by atoms with E-state index in [1.165, 1.54) is 6.07 Å². The van der Waals surface area contributed by atoms with E-state index in [0.717, 1.165) is 22.2 Å². The van der Waals surface area contributed by atoms with E-state index >= 15 is 0 Å². The number of primary amides is 1. The van der Waals surface area contributed by atoms with E-state index in [2.05, 4.69) is 16.4 Å². The van der Waals surface area contributed by atoms with Crippen LogP contribution in [0.15, 0.2) is 71.7 Å². The molecule has 5 rings (SSSR count). The van der Waals surface area contributed by atoms with Crippen LogP contribution in [0.5, 0.6) is 0 Å². The minimum absolute atomic E-state index is 0.219. The molecule has 0 saturated heterocycles. The molecular formula is C23H15N5O2S. The Kier molecular flexibility index (Phi) is 4.31. The van der Waals surface area contributed by atoms with Crippen molar-refractivity contribution in [2.75, 3.05) is 5.32 Å². The standard InChI is InChI=1S/C23H15N5O2S/c24-12-14-3-1-2-4-18(14)27-20-16-6-8-19(29)28(23(16)31-21(20)22(25)30)15-5-7-17-13(11-15)9-10-26-17/h1-11,26-27H,(H2,25,30). The van der Waals surface area contributed by atoms with Crippen molar-refractivity contribution >= 4 is 49.7 Å². The number of amides is 1. The van der Waals surface area contributed by atoms with Crippen molar-refractivity contribution in [3.8, 4) is 11.8 Å². The quantitative estimate of drug-likeness (QED) is 0.399. The summed E-state index contributed by atoms with van der Waals surface area (Å²) >= 11 is 1.14. The fourth-order valence-electron chi connectivity index (χ4n) is 3.63. The maximum absolute atomic E-state index is 12.8. The molecule has 4 N–H and O–H groups in total. The lowest BCUT2D eigenvalue weighted by Crippen LogP contribution is -2.16. The maximum atomic E-state index is 12.8. The van der Waals surface area contributed by atoms with Gasteiger partial charge in [0.15, 0.2) is 0 Å². The van der Waals surface area contributed by atoms with Crippen molar-refractivity contribution in [3.05, 3.63) is 87.7 Å². The van der Waals surface area contributed by atoms with Gasteiger partial charge in [-0.1, -0.05) is 12.1 Å². The van der Waals surface area contributed by atoms with Gasteiger partial charge in [-0.25, -0.2) is 0 Å². The largest absolute Gasteiger partial charge is 0.365 e. The third-order valence-corrected chi connectivity index (χ3v) is 6.27. The maximum Gasteiger partial charge on any atom is 0.261 e. The zero-order valence-electron chi connectivity index (χ0n) is 16.0. The molecule has 0 radical (unpaired) electrons. The van der Waals surface area contributed by atoms with E-state index < -0.39 is 5.91 Å². The number of H-pyrrole nitrogens is 1. The molecule has 0 saturated carbocycles. The number of hydrogen-bond acceptors (Lipinski definition) is 5. The summed E-state index contributed by atoms with van der Waals surface area (Å²) in [6, 6.07) is 19.9.